The summed E-state index contributed by atoms with van der Waals surface area (Å²) in [6.45, 7) is 0. The number of thiazole rings is 2. The smallest absolute Gasteiger partial charge is 0.195 e. The van der Waals surface area contributed by atoms with Crippen molar-refractivity contribution in [2.75, 3.05) is 12.9 Å². The number of aliphatic imine (C=N–C) groups is 1. The average Bonchev–Trinajstić information content (AvgIpc) is 3.69. The zero-order valence-electron chi connectivity index (χ0n) is 20.2. The molecule has 7 rings (SSSR count). The third kappa shape index (κ3) is 3.92. The Morgan fingerprint density at radius 1 is 0.949 bits per heavy atom. The summed E-state index contributed by atoms with van der Waals surface area (Å²) in [4.78, 5) is 13.7. The van der Waals surface area contributed by atoms with Crippen molar-refractivity contribution in [3.8, 4) is 28.7 Å². The molecule has 0 bridgehead atoms. The molecule has 6 aromatic rings. The molecule has 4 aromatic carbocycles. The highest BCUT2D eigenvalue weighted by atomic mass is 32.2. The van der Waals surface area contributed by atoms with E-state index in [-0.39, 0.29) is 5.75 Å². The largest absolute Gasteiger partial charge is 0.507 e. The standard InChI is InChI=1S/C28H18N4O4S3/c1-36-13-3-4-14-16(7-13)17(9-20-24(14)38-23(10-29)30-20)18-8-15-12(6-22(18)33)2-5-19-25(15)39-27(31-19)26-32-21(11-37-26)28(34)35/h2-9,21,28,33-35H,11H2,1H3. The lowest BCUT2D eigenvalue weighted by atomic mass is 9.94. The van der Waals surface area contributed by atoms with Gasteiger partial charge in [0, 0.05) is 22.1 Å². The number of aliphatic hydroxyl groups excluding tert-OH is 1. The van der Waals surface area contributed by atoms with E-state index in [4.69, 9.17) is 9.72 Å². The summed E-state index contributed by atoms with van der Waals surface area (Å²) < 4.78 is 7.36. The molecule has 0 saturated carbocycles. The van der Waals surface area contributed by atoms with Gasteiger partial charge in [0.1, 0.15) is 33.7 Å². The van der Waals surface area contributed by atoms with Crippen LogP contribution in [0, 0.1) is 11.3 Å². The van der Waals surface area contributed by atoms with Gasteiger partial charge in [0.15, 0.2) is 11.3 Å². The molecule has 39 heavy (non-hydrogen) atoms. The highest BCUT2D eigenvalue weighted by Gasteiger charge is 2.26. The van der Waals surface area contributed by atoms with Crippen molar-refractivity contribution in [1.29, 1.82) is 5.26 Å². The third-order valence-corrected chi connectivity index (χ3v) is 10.1. The topological polar surface area (TPSA) is 132 Å². The lowest BCUT2D eigenvalue weighted by Gasteiger charge is -2.13. The number of fused-ring (bicyclic) bond motifs is 6. The Morgan fingerprint density at radius 2 is 1.79 bits per heavy atom. The third-order valence-electron chi connectivity index (χ3n) is 6.77. The first-order valence-electron chi connectivity index (χ1n) is 11.9. The number of rotatable bonds is 4. The average molecular weight is 571 g/mol. The Balaban J connectivity index is 1.47. The van der Waals surface area contributed by atoms with Crippen LogP contribution in [0.5, 0.6) is 11.5 Å². The van der Waals surface area contributed by atoms with Crippen molar-refractivity contribution >= 4 is 81.5 Å². The second kappa shape index (κ2) is 9.15. The summed E-state index contributed by atoms with van der Waals surface area (Å²) in [6, 6.07) is 16.8. The number of phenolic OH excluding ortho intramolecular Hbond substituents is 1. The number of ether oxygens (including phenoxy) is 1. The molecular weight excluding hydrogens is 553 g/mol. The zero-order chi connectivity index (χ0) is 26.8. The van der Waals surface area contributed by atoms with Gasteiger partial charge >= 0.3 is 0 Å². The number of aromatic nitrogens is 2. The first-order valence-corrected chi connectivity index (χ1v) is 14.5. The predicted octanol–water partition coefficient (Wildman–Crippen LogP) is 5.64. The van der Waals surface area contributed by atoms with Crippen molar-refractivity contribution in [2.45, 2.75) is 12.3 Å². The highest BCUT2D eigenvalue weighted by Crippen LogP contribution is 2.44. The van der Waals surface area contributed by atoms with Crippen LogP contribution in [0.15, 0.2) is 53.5 Å². The normalized spacial score (nSPS) is 15.6. The van der Waals surface area contributed by atoms with Gasteiger partial charge in [-0.15, -0.1) is 34.4 Å². The Hall–Kier alpha value is -3.79. The molecule has 0 amide bonds. The van der Waals surface area contributed by atoms with Gasteiger partial charge < -0.3 is 20.1 Å². The number of nitriles is 1. The summed E-state index contributed by atoms with van der Waals surface area (Å²) in [5.74, 6) is 1.30. The number of nitrogens with zero attached hydrogens (tertiary/aromatic N) is 4. The monoisotopic (exact) mass is 570 g/mol. The van der Waals surface area contributed by atoms with E-state index in [1.807, 2.05) is 42.5 Å². The minimum Gasteiger partial charge on any atom is -0.507 e. The van der Waals surface area contributed by atoms with Gasteiger partial charge in [-0.05, 0) is 58.8 Å². The molecular formula is C28H18N4O4S3. The van der Waals surface area contributed by atoms with Crippen molar-refractivity contribution < 1.29 is 20.1 Å². The SMILES string of the molecule is COc1ccc2c(c1)c(-c1cc3c(ccc4nc(C5=NC(C(O)O)CS5)sc43)cc1O)cc1nc(C#N)sc12. The van der Waals surface area contributed by atoms with Gasteiger partial charge in [-0.2, -0.15) is 5.26 Å². The molecule has 0 saturated heterocycles. The number of hydrogen-bond acceptors (Lipinski definition) is 11. The maximum Gasteiger partial charge on any atom is 0.195 e. The molecule has 8 nitrogen and oxygen atoms in total. The molecule has 1 aliphatic rings. The van der Waals surface area contributed by atoms with Crippen molar-refractivity contribution in [3.05, 3.63) is 58.5 Å². The fourth-order valence-corrected chi connectivity index (χ4v) is 8.01. The highest BCUT2D eigenvalue weighted by molar-refractivity contribution is 8.15. The summed E-state index contributed by atoms with van der Waals surface area (Å²) in [5, 5.41) is 45.1. The molecule has 11 heteroatoms. The Labute approximate surface area is 233 Å². The summed E-state index contributed by atoms with van der Waals surface area (Å²) in [7, 11) is 1.61. The first kappa shape index (κ1) is 24.3. The number of hydrogen-bond donors (Lipinski definition) is 3. The Morgan fingerprint density at radius 3 is 2.56 bits per heavy atom. The molecule has 3 N–H and O–H groups in total. The number of phenols is 1. The second-order valence-electron chi connectivity index (χ2n) is 9.06. The van der Waals surface area contributed by atoms with Crippen LogP contribution in [-0.4, -0.2) is 55.5 Å². The van der Waals surface area contributed by atoms with Gasteiger partial charge in [0.25, 0.3) is 0 Å². The van der Waals surface area contributed by atoms with Crippen LogP contribution < -0.4 is 4.74 Å². The maximum absolute atomic E-state index is 11.2. The van der Waals surface area contributed by atoms with E-state index in [2.05, 4.69) is 16.0 Å². The molecule has 1 unspecified atom stereocenters. The lowest BCUT2D eigenvalue weighted by molar-refractivity contribution is -0.0516. The van der Waals surface area contributed by atoms with Crippen LogP contribution in [0.3, 0.4) is 0 Å². The van der Waals surface area contributed by atoms with E-state index in [0.717, 1.165) is 47.0 Å². The molecule has 1 atom stereocenters. The van der Waals surface area contributed by atoms with E-state index < -0.39 is 12.3 Å². The Kier molecular flexibility index (Phi) is 5.69. The number of thioether (sulfide) groups is 1. The van der Waals surface area contributed by atoms with Gasteiger partial charge in [-0.25, -0.2) is 9.97 Å². The Bertz CT molecular complexity index is 2040. The molecule has 3 heterocycles. The number of aliphatic hydroxyl groups is 2. The van der Waals surface area contributed by atoms with Crippen molar-refractivity contribution in [2.24, 2.45) is 4.99 Å². The first-order chi connectivity index (χ1) is 18.9. The summed E-state index contributed by atoms with van der Waals surface area (Å²) in [5.41, 5.74) is 2.91. The summed E-state index contributed by atoms with van der Waals surface area (Å²) in [6.07, 6.45) is -1.50. The van der Waals surface area contributed by atoms with Crippen LogP contribution in [0.1, 0.15) is 10.0 Å². The number of methoxy groups -OCH3 is 1. The molecule has 0 aliphatic carbocycles. The van der Waals surface area contributed by atoms with Crippen LogP contribution in [0.2, 0.25) is 0 Å². The minimum atomic E-state index is -1.50. The van der Waals surface area contributed by atoms with E-state index in [1.54, 1.807) is 13.2 Å². The molecule has 0 spiro atoms. The number of aromatic hydroxyl groups is 1. The predicted molar refractivity (Wildman–Crippen MR) is 157 cm³/mol. The molecule has 0 fully saturated rings. The van der Waals surface area contributed by atoms with E-state index in [9.17, 15) is 20.6 Å². The van der Waals surface area contributed by atoms with Gasteiger partial charge in [-0.3, -0.25) is 4.99 Å². The van der Waals surface area contributed by atoms with Gasteiger partial charge in [-0.1, -0.05) is 6.07 Å². The van der Waals surface area contributed by atoms with Crippen LogP contribution in [0.4, 0.5) is 0 Å². The van der Waals surface area contributed by atoms with E-state index in [1.165, 1.54) is 34.4 Å². The molecule has 0 radical (unpaired) electrons. The van der Waals surface area contributed by atoms with Crippen molar-refractivity contribution in [3.63, 3.8) is 0 Å². The van der Waals surface area contributed by atoms with Gasteiger partial charge in [0.2, 0.25) is 0 Å². The van der Waals surface area contributed by atoms with E-state index in [0.29, 0.717) is 32.6 Å². The zero-order valence-corrected chi connectivity index (χ0v) is 22.7. The van der Waals surface area contributed by atoms with E-state index >= 15 is 0 Å². The number of benzene rings is 4. The van der Waals surface area contributed by atoms with Crippen LogP contribution in [-0.2, 0) is 0 Å². The molecule has 2 aromatic heterocycles. The fourth-order valence-electron chi connectivity index (χ4n) is 4.89. The lowest BCUT2D eigenvalue weighted by Crippen LogP contribution is -2.23. The molecule has 1 aliphatic heterocycles. The quantitative estimate of drug-likeness (QED) is 0.232. The van der Waals surface area contributed by atoms with Crippen molar-refractivity contribution in [1.82, 2.24) is 9.97 Å². The fraction of sp³-hybridized carbons (Fsp3) is 0.143. The maximum atomic E-state index is 11.2. The van der Waals surface area contributed by atoms with Crippen LogP contribution >= 0.6 is 34.4 Å². The summed E-state index contributed by atoms with van der Waals surface area (Å²) >= 11 is 4.30. The van der Waals surface area contributed by atoms with Crippen LogP contribution in [0.25, 0.3) is 53.1 Å². The molecule has 192 valence electrons. The minimum absolute atomic E-state index is 0.126. The second-order valence-corrected chi connectivity index (χ2v) is 12.1. The van der Waals surface area contributed by atoms with Gasteiger partial charge in [0.05, 0.1) is 27.5 Å².